The second-order valence-corrected chi connectivity index (χ2v) is 8.07. The Bertz CT molecular complexity index is 1190. The highest BCUT2D eigenvalue weighted by molar-refractivity contribution is 5.94. The van der Waals surface area contributed by atoms with E-state index in [4.69, 9.17) is 9.15 Å². The molecule has 2 aliphatic heterocycles. The Morgan fingerprint density at radius 1 is 1.23 bits per heavy atom. The number of hydrogen-bond donors (Lipinski definition) is 2. The minimum Gasteiger partial charge on any atom is -0.504 e. The van der Waals surface area contributed by atoms with Crippen LogP contribution >= 0.6 is 0 Å². The first-order valence-electron chi connectivity index (χ1n) is 10.4. The minimum atomic E-state index is 0.0837. The van der Waals surface area contributed by atoms with Gasteiger partial charge in [-0.1, -0.05) is 0 Å². The average Bonchev–Trinajstić information content (AvgIpc) is 3.32. The lowest BCUT2D eigenvalue weighted by atomic mass is 10.0. The maximum Gasteiger partial charge on any atom is 0.183 e. The molecule has 8 nitrogen and oxygen atoms in total. The van der Waals surface area contributed by atoms with E-state index in [1.165, 1.54) is 0 Å². The lowest BCUT2D eigenvalue weighted by molar-refractivity contribution is 0.108. The van der Waals surface area contributed by atoms with Gasteiger partial charge in [0.2, 0.25) is 0 Å². The van der Waals surface area contributed by atoms with E-state index in [0.29, 0.717) is 46.9 Å². The third-order valence-corrected chi connectivity index (χ3v) is 6.07. The summed E-state index contributed by atoms with van der Waals surface area (Å²) in [5.41, 5.74) is 2.97. The van der Waals surface area contributed by atoms with E-state index >= 15 is 0 Å². The van der Waals surface area contributed by atoms with E-state index in [2.05, 4.69) is 39.3 Å². The number of hydrogen-bond acceptors (Lipinski definition) is 8. The van der Waals surface area contributed by atoms with Crippen LogP contribution in [0.4, 0.5) is 5.82 Å². The van der Waals surface area contributed by atoms with Gasteiger partial charge in [-0.3, -0.25) is 4.90 Å². The van der Waals surface area contributed by atoms with Crippen LogP contribution in [-0.2, 0) is 6.54 Å². The van der Waals surface area contributed by atoms with Crippen LogP contribution in [0.5, 0.6) is 11.5 Å². The van der Waals surface area contributed by atoms with Gasteiger partial charge in [-0.2, -0.15) is 0 Å². The summed E-state index contributed by atoms with van der Waals surface area (Å²) in [6, 6.07) is 8.19. The summed E-state index contributed by atoms with van der Waals surface area (Å²) in [4.78, 5) is 6.64. The van der Waals surface area contributed by atoms with Crippen molar-refractivity contribution in [3.05, 3.63) is 47.3 Å². The number of benzene rings is 1. The highest BCUT2D eigenvalue weighted by Crippen LogP contribution is 2.42. The Kier molecular flexibility index (Phi) is 4.95. The molecule has 0 aliphatic carbocycles. The minimum absolute atomic E-state index is 0.0837. The molecule has 0 amide bonds. The molecule has 0 unspecified atom stereocenters. The van der Waals surface area contributed by atoms with Crippen LogP contribution in [0.2, 0.25) is 0 Å². The first-order chi connectivity index (χ1) is 15.1. The number of methoxy groups -OCH3 is 1. The summed E-state index contributed by atoms with van der Waals surface area (Å²) in [6.07, 6.45) is 3.38. The Labute approximate surface area is 180 Å². The van der Waals surface area contributed by atoms with Crippen LogP contribution < -0.4 is 10.1 Å². The summed E-state index contributed by atoms with van der Waals surface area (Å²) >= 11 is 0. The predicted octanol–water partition coefficient (Wildman–Crippen LogP) is 4.32. The molecule has 0 bridgehead atoms. The quantitative estimate of drug-likeness (QED) is 0.654. The SMILES string of the molecule is COc1ccc2c(O)c(C=C3N=Nc4ncccc43)oc2c1CN1[C@H](C)CNC[C@@H]1C. The van der Waals surface area contributed by atoms with Gasteiger partial charge in [-0.25, -0.2) is 4.98 Å². The molecule has 4 heterocycles. The van der Waals surface area contributed by atoms with Gasteiger partial charge >= 0.3 is 0 Å². The number of azo groups is 1. The van der Waals surface area contributed by atoms with Gasteiger partial charge in [0.05, 0.1) is 18.1 Å². The molecule has 1 saturated heterocycles. The number of furan rings is 1. The molecule has 1 fully saturated rings. The van der Waals surface area contributed by atoms with Crippen molar-refractivity contribution in [3.63, 3.8) is 0 Å². The van der Waals surface area contributed by atoms with Crippen LogP contribution in [0.25, 0.3) is 22.7 Å². The van der Waals surface area contributed by atoms with Crippen molar-refractivity contribution in [1.82, 2.24) is 15.2 Å². The van der Waals surface area contributed by atoms with Gasteiger partial charge in [0, 0.05) is 49.6 Å². The number of aromatic hydroxyl groups is 1. The van der Waals surface area contributed by atoms with E-state index in [0.717, 1.165) is 30.0 Å². The summed E-state index contributed by atoms with van der Waals surface area (Å²) in [5.74, 6) is 1.73. The van der Waals surface area contributed by atoms with E-state index < -0.39 is 0 Å². The van der Waals surface area contributed by atoms with Crippen molar-refractivity contribution in [2.45, 2.75) is 32.5 Å². The summed E-state index contributed by atoms with van der Waals surface area (Å²) in [6.45, 7) is 6.95. The van der Waals surface area contributed by atoms with Gasteiger partial charge in [-0.05, 0) is 38.1 Å². The molecule has 31 heavy (non-hydrogen) atoms. The molecular weight excluding hydrogens is 394 g/mol. The monoisotopic (exact) mass is 419 g/mol. The molecule has 2 N–H and O–H groups in total. The van der Waals surface area contributed by atoms with Crippen LogP contribution in [-0.4, -0.2) is 47.3 Å². The zero-order valence-electron chi connectivity index (χ0n) is 17.8. The van der Waals surface area contributed by atoms with Crippen molar-refractivity contribution in [1.29, 1.82) is 0 Å². The third kappa shape index (κ3) is 3.37. The standard InChI is InChI=1S/C23H25N5O3/c1-13-10-24-11-14(2)28(13)12-17-19(30-3)7-6-16-21(29)20(31-22(16)17)9-18-15-5-4-8-25-23(15)27-26-18/h4-9,13-14,24,29H,10-12H2,1-3H3/t13-,14+. The van der Waals surface area contributed by atoms with Crippen molar-refractivity contribution >= 4 is 28.6 Å². The van der Waals surface area contributed by atoms with Gasteiger partial charge < -0.3 is 19.6 Å². The van der Waals surface area contributed by atoms with Crippen LogP contribution in [0, 0.1) is 0 Å². The van der Waals surface area contributed by atoms with Crippen molar-refractivity contribution < 1.29 is 14.3 Å². The van der Waals surface area contributed by atoms with Crippen LogP contribution in [0.1, 0.15) is 30.7 Å². The zero-order chi connectivity index (χ0) is 21.5. The molecule has 0 spiro atoms. The van der Waals surface area contributed by atoms with Crippen molar-refractivity contribution in [3.8, 4) is 11.5 Å². The largest absolute Gasteiger partial charge is 0.504 e. The average molecular weight is 419 g/mol. The Morgan fingerprint density at radius 2 is 2.03 bits per heavy atom. The fraction of sp³-hybridized carbons (Fsp3) is 0.348. The second kappa shape index (κ2) is 7.79. The van der Waals surface area contributed by atoms with Crippen LogP contribution in [0.15, 0.2) is 45.1 Å². The molecular formula is C23H25N5O3. The highest BCUT2D eigenvalue weighted by Gasteiger charge is 2.28. The lowest BCUT2D eigenvalue weighted by Gasteiger charge is -2.39. The normalized spacial score (nSPS) is 22.4. The van der Waals surface area contributed by atoms with Gasteiger partial charge in [0.15, 0.2) is 17.3 Å². The number of aromatic nitrogens is 1. The van der Waals surface area contributed by atoms with Crippen LogP contribution in [0.3, 0.4) is 0 Å². The van der Waals surface area contributed by atoms with Gasteiger partial charge in [-0.15, -0.1) is 10.2 Å². The number of piperazine rings is 1. The lowest BCUT2D eigenvalue weighted by Crippen LogP contribution is -2.54. The van der Waals surface area contributed by atoms with E-state index in [9.17, 15) is 5.11 Å². The number of ether oxygens (including phenoxy) is 1. The molecule has 160 valence electrons. The summed E-state index contributed by atoms with van der Waals surface area (Å²) in [7, 11) is 1.66. The molecule has 2 aromatic heterocycles. The molecule has 1 aromatic carbocycles. The Balaban J connectivity index is 1.59. The van der Waals surface area contributed by atoms with E-state index in [1.807, 2.05) is 24.3 Å². The van der Waals surface area contributed by atoms with Gasteiger partial charge in [0.25, 0.3) is 0 Å². The molecule has 8 heteroatoms. The van der Waals surface area contributed by atoms with Crippen molar-refractivity contribution in [2.24, 2.45) is 10.2 Å². The Morgan fingerprint density at radius 3 is 2.81 bits per heavy atom. The first kappa shape index (κ1) is 19.7. The summed E-state index contributed by atoms with van der Waals surface area (Å²) < 4.78 is 11.8. The maximum atomic E-state index is 10.9. The molecule has 2 atom stereocenters. The van der Waals surface area contributed by atoms with E-state index in [1.54, 1.807) is 19.4 Å². The topological polar surface area (TPSA) is 95.5 Å². The number of fused-ring (bicyclic) bond motifs is 2. The van der Waals surface area contributed by atoms with Gasteiger partial charge in [0.1, 0.15) is 17.0 Å². The molecule has 3 aromatic rings. The zero-order valence-corrected chi connectivity index (χ0v) is 17.8. The predicted molar refractivity (Wildman–Crippen MR) is 118 cm³/mol. The third-order valence-electron chi connectivity index (χ3n) is 6.07. The summed E-state index contributed by atoms with van der Waals surface area (Å²) in [5, 5.41) is 23.3. The Hall–Kier alpha value is -3.23. The number of nitrogens with zero attached hydrogens (tertiary/aromatic N) is 4. The number of pyridine rings is 1. The maximum absolute atomic E-state index is 10.9. The second-order valence-electron chi connectivity index (χ2n) is 8.07. The molecule has 5 rings (SSSR count). The fourth-order valence-corrected chi connectivity index (χ4v) is 4.37. The molecule has 2 aliphatic rings. The molecule has 0 radical (unpaired) electrons. The van der Waals surface area contributed by atoms with Crippen molar-refractivity contribution in [2.75, 3.05) is 20.2 Å². The number of nitrogens with one attached hydrogen (secondary N) is 1. The molecule has 0 saturated carbocycles. The smallest absolute Gasteiger partial charge is 0.183 e. The van der Waals surface area contributed by atoms with E-state index in [-0.39, 0.29) is 5.75 Å². The number of rotatable bonds is 4. The fourth-order valence-electron chi connectivity index (χ4n) is 4.37. The first-order valence-corrected chi connectivity index (χ1v) is 10.4. The highest BCUT2D eigenvalue weighted by atomic mass is 16.5.